The second-order valence-electron chi connectivity index (χ2n) is 9.36. The standard InChI is InChI=1S/C24H33N7O2/c1-18(32)30-24(7-3-2-4-8-24)14-23(33)31-11-5-6-19(16-31)12-20-13-21(28-17-27-20)29-22-15-25-9-10-26-22/h9-10,13,15,17,19H,2-8,11-12,14,16H2,1H3,(H,30,32)(H,26,27,28,29)/t19-/m0/s1. The van der Waals surface area contributed by atoms with Gasteiger partial charge in [0.1, 0.15) is 18.0 Å². The number of rotatable bonds is 7. The van der Waals surface area contributed by atoms with E-state index in [1.165, 1.54) is 6.42 Å². The van der Waals surface area contributed by atoms with Crippen LogP contribution in [0.3, 0.4) is 0 Å². The molecule has 3 heterocycles. The van der Waals surface area contributed by atoms with Crippen molar-refractivity contribution < 1.29 is 9.59 Å². The van der Waals surface area contributed by atoms with Crippen LogP contribution in [0.15, 0.2) is 31.0 Å². The van der Waals surface area contributed by atoms with Crippen molar-refractivity contribution in [1.82, 2.24) is 30.2 Å². The molecule has 1 atom stereocenters. The van der Waals surface area contributed by atoms with Crippen LogP contribution >= 0.6 is 0 Å². The van der Waals surface area contributed by atoms with Gasteiger partial charge in [-0.05, 0) is 38.0 Å². The number of amides is 2. The van der Waals surface area contributed by atoms with Crippen molar-refractivity contribution in [2.45, 2.75) is 70.3 Å². The fraction of sp³-hybridized carbons (Fsp3) is 0.583. The van der Waals surface area contributed by atoms with E-state index in [0.717, 1.165) is 63.7 Å². The van der Waals surface area contributed by atoms with E-state index in [2.05, 4.69) is 30.6 Å². The van der Waals surface area contributed by atoms with E-state index >= 15 is 0 Å². The van der Waals surface area contributed by atoms with E-state index in [1.807, 2.05) is 11.0 Å². The van der Waals surface area contributed by atoms with Crippen molar-refractivity contribution in [3.8, 4) is 0 Å². The molecule has 33 heavy (non-hydrogen) atoms. The second-order valence-corrected chi connectivity index (χ2v) is 9.36. The molecule has 0 spiro atoms. The van der Waals surface area contributed by atoms with E-state index in [-0.39, 0.29) is 17.4 Å². The minimum Gasteiger partial charge on any atom is -0.350 e. The van der Waals surface area contributed by atoms with Crippen molar-refractivity contribution in [1.29, 1.82) is 0 Å². The molecule has 0 unspecified atom stereocenters. The molecule has 2 aromatic rings. The summed E-state index contributed by atoms with van der Waals surface area (Å²) in [6.45, 7) is 3.06. The largest absolute Gasteiger partial charge is 0.350 e. The number of carbonyl (C=O) groups excluding carboxylic acids is 2. The number of carbonyl (C=O) groups is 2. The summed E-state index contributed by atoms with van der Waals surface area (Å²) >= 11 is 0. The molecule has 1 saturated heterocycles. The SMILES string of the molecule is CC(=O)NC1(CC(=O)N2CCC[C@@H](Cc3cc(Nc4cnccn4)ncn3)C2)CCCCC1. The highest BCUT2D eigenvalue weighted by Gasteiger charge is 2.37. The van der Waals surface area contributed by atoms with Gasteiger partial charge in [-0.3, -0.25) is 14.6 Å². The lowest BCUT2D eigenvalue weighted by atomic mass is 9.78. The van der Waals surface area contributed by atoms with Gasteiger partial charge in [0, 0.05) is 56.1 Å². The third kappa shape index (κ3) is 6.46. The van der Waals surface area contributed by atoms with Crippen molar-refractivity contribution in [3.63, 3.8) is 0 Å². The number of anilines is 2. The summed E-state index contributed by atoms with van der Waals surface area (Å²) in [6.07, 6.45) is 14.8. The molecule has 9 heteroatoms. The molecule has 1 aliphatic carbocycles. The molecule has 0 aromatic carbocycles. The number of nitrogens with one attached hydrogen (secondary N) is 2. The average Bonchev–Trinajstić information content (AvgIpc) is 2.80. The number of aromatic nitrogens is 4. The lowest BCUT2D eigenvalue weighted by Crippen LogP contribution is -2.53. The zero-order chi connectivity index (χ0) is 23.1. The Morgan fingerprint density at radius 3 is 2.70 bits per heavy atom. The average molecular weight is 452 g/mol. The van der Waals surface area contributed by atoms with Gasteiger partial charge in [-0.25, -0.2) is 15.0 Å². The fourth-order valence-electron chi connectivity index (χ4n) is 5.18. The van der Waals surface area contributed by atoms with Crippen molar-refractivity contribution in [2.24, 2.45) is 5.92 Å². The summed E-state index contributed by atoms with van der Waals surface area (Å²) in [5.74, 6) is 1.77. The minimum atomic E-state index is -0.373. The van der Waals surface area contributed by atoms with Crippen LogP contribution in [0, 0.1) is 5.92 Å². The summed E-state index contributed by atoms with van der Waals surface area (Å²) in [4.78, 5) is 44.0. The number of hydrogen-bond donors (Lipinski definition) is 2. The molecular weight excluding hydrogens is 418 g/mol. The Morgan fingerprint density at radius 2 is 1.94 bits per heavy atom. The molecule has 2 amide bonds. The Bertz CT molecular complexity index is 947. The maximum atomic E-state index is 13.2. The quantitative estimate of drug-likeness (QED) is 0.665. The number of nitrogens with zero attached hydrogens (tertiary/aromatic N) is 5. The molecule has 0 radical (unpaired) electrons. The normalized spacial score (nSPS) is 20.2. The maximum Gasteiger partial charge on any atom is 0.224 e. The highest BCUT2D eigenvalue weighted by molar-refractivity contribution is 5.80. The fourth-order valence-corrected chi connectivity index (χ4v) is 5.18. The first-order valence-electron chi connectivity index (χ1n) is 11.9. The van der Waals surface area contributed by atoms with Gasteiger partial charge in [0.2, 0.25) is 11.8 Å². The summed E-state index contributed by atoms with van der Waals surface area (Å²) in [7, 11) is 0. The second kappa shape index (κ2) is 10.7. The number of hydrogen-bond acceptors (Lipinski definition) is 7. The Balaban J connectivity index is 1.36. The van der Waals surface area contributed by atoms with Crippen LogP contribution in [0.5, 0.6) is 0 Å². The maximum absolute atomic E-state index is 13.2. The lowest BCUT2D eigenvalue weighted by molar-refractivity contribution is -0.135. The summed E-state index contributed by atoms with van der Waals surface area (Å²) < 4.78 is 0. The summed E-state index contributed by atoms with van der Waals surface area (Å²) in [5.41, 5.74) is 0.569. The molecule has 0 bridgehead atoms. The Morgan fingerprint density at radius 1 is 1.09 bits per heavy atom. The predicted molar refractivity (Wildman–Crippen MR) is 125 cm³/mol. The van der Waals surface area contributed by atoms with E-state index < -0.39 is 0 Å². The van der Waals surface area contributed by atoms with Crippen LogP contribution in [-0.4, -0.2) is 55.3 Å². The highest BCUT2D eigenvalue weighted by atomic mass is 16.2. The van der Waals surface area contributed by atoms with Gasteiger partial charge < -0.3 is 15.5 Å². The lowest BCUT2D eigenvalue weighted by Gasteiger charge is -2.40. The van der Waals surface area contributed by atoms with Crippen LogP contribution < -0.4 is 10.6 Å². The van der Waals surface area contributed by atoms with E-state index in [0.29, 0.717) is 24.0 Å². The zero-order valence-corrected chi connectivity index (χ0v) is 19.3. The molecular formula is C24H33N7O2. The van der Waals surface area contributed by atoms with Gasteiger partial charge in [-0.1, -0.05) is 19.3 Å². The van der Waals surface area contributed by atoms with Gasteiger partial charge in [-0.15, -0.1) is 0 Å². The Labute approximate surface area is 194 Å². The van der Waals surface area contributed by atoms with Gasteiger partial charge in [-0.2, -0.15) is 0 Å². The Hall–Kier alpha value is -3.10. The molecule has 176 valence electrons. The topological polar surface area (TPSA) is 113 Å². The van der Waals surface area contributed by atoms with Gasteiger partial charge >= 0.3 is 0 Å². The van der Waals surface area contributed by atoms with Crippen LogP contribution in [0.1, 0.15) is 64.0 Å². The molecule has 2 fully saturated rings. The zero-order valence-electron chi connectivity index (χ0n) is 19.3. The molecule has 2 aromatic heterocycles. The molecule has 2 aliphatic rings. The van der Waals surface area contributed by atoms with Gasteiger partial charge in [0.25, 0.3) is 0 Å². The van der Waals surface area contributed by atoms with E-state index in [4.69, 9.17) is 0 Å². The van der Waals surface area contributed by atoms with Gasteiger partial charge in [0.05, 0.1) is 6.20 Å². The van der Waals surface area contributed by atoms with Crippen LogP contribution in [0.2, 0.25) is 0 Å². The van der Waals surface area contributed by atoms with E-state index in [9.17, 15) is 9.59 Å². The first-order valence-corrected chi connectivity index (χ1v) is 11.9. The Kier molecular flexibility index (Phi) is 7.47. The molecule has 1 saturated carbocycles. The molecule has 4 rings (SSSR count). The van der Waals surface area contributed by atoms with Crippen LogP contribution in [-0.2, 0) is 16.0 Å². The van der Waals surface area contributed by atoms with Crippen LogP contribution in [0.25, 0.3) is 0 Å². The van der Waals surface area contributed by atoms with Gasteiger partial charge in [0.15, 0.2) is 0 Å². The predicted octanol–water partition coefficient (Wildman–Crippen LogP) is 3.02. The summed E-state index contributed by atoms with van der Waals surface area (Å²) in [5, 5.41) is 6.27. The number of piperidine rings is 1. The first kappa shape index (κ1) is 23.1. The molecule has 9 nitrogen and oxygen atoms in total. The van der Waals surface area contributed by atoms with Crippen molar-refractivity contribution in [3.05, 3.63) is 36.7 Å². The van der Waals surface area contributed by atoms with Crippen LogP contribution in [0.4, 0.5) is 11.6 Å². The third-order valence-corrected chi connectivity index (χ3v) is 6.65. The minimum absolute atomic E-state index is 0.0455. The smallest absolute Gasteiger partial charge is 0.224 e. The third-order valence-electron chi connectivity index (χ3n) is 6.65. The highest BCUT2D eigenvalue weighted by Crippen LogP contribution is 2.32. The van der Waals surface area contributed by atoms with Crippen molar-refractivity contribution >= 4 is 23.5 Å². The first-order chi connectivity index (χ1) is 16.0. The monoisotopic (exact) mass is 451 g/mol. The molecule has 2 N–H and O–H groups in total. The van der Waals surface area contributed by atoms with E-state index in [1.54, 1.807) is 31.8 Å². The summed E-state index contributed by atoms with van der Waals surface area (Å²) in [6, 6.07) is 1.93. The van der Waals surface area contributed by atoms with Crippen molar-refractivity contribution in [2.75, 3.05) is 18.4 Å². The molecule has 1 aliphatic heterocycles. The number of likely N-dealkylation sites (tertiary alicyclic amines) is 1.